The standard InChI is InChI=1S/C18H26N6OS/c1-22-16(11-24-9-3-7-19-24)20-21-18(22)15-4-2-8-23(10-15)17(25)13-26-12-14-5-6-14/h3,7,9,14-15H,2,4-6,8,10-13H2,1H3. The molecule has 1 saturated carbocycles. The Hall–Kier alpha value is -1.83. The maximum absolute atomic E-state index is 12.5. The summed E-state index contributed by atoms with van der Waals surface area (Å²) in [6.07, 6.45) is 8.48. The lowest BCUT2D eigenvalue weighted by atomic mass is 9.97. The number of likely N-dealkylation sites (tertiary alicyclic amines) is 1. The molecule has 0 N–H and O–H groups in total. The second-order valence-electron chi connectivity index (χ2n) is 7.37. The summed E-state index contributed by atoms with van der Waals surface area (Å²) in [5.74, 6) is 5.05. The predicted molar refractivity (Wildman–Crippen MR) is 101 cm³/mol. The summed E-state index contributed by atoms with van der Waals surface area (Å²) in [5.41, 5.74) is 0. The highest BCUT2D eigenvalue weighted by Crippen LogP contribution is 2.32. The molecule has 8 heteroatoms. The maximum Gasteiger partial charge on any atom is 0.232 e. The number of aromatic nitrogens is 5. The molecular formula is C18H26N6OS. The zero-order valence-electron chi connectivity index (χ0n) is 15.3. The summed E-state index contributed by atoms with van der Waals surface area (Å²) in [6, 6.07) is 1.91. The van der Waals surface area contributed by atoms with Crippen molar-refractivity contribution in [2.75, 3.05) is 24.6 Å². The van der Waals surface area contributed by atoms with Gasteiger partial charge in [-0.25, -0.2) is 0 Å². The molecule has 1 amide bonds. The first-order valence-electron chi connectivity index (χ1n) is 9.42. The topological polar surface area (TPSA) is 68.8 Å². The van der Waals surface area contributed by atoms with E-state index in [1.165, 1.54) is 12.8 Å². The van der Waals surface area contributed by atoms with Gasteiger partial charge in [0.05, 0.1) is 5.75 Å². The van der Waals surface area contributed by atoms with Crippen molar-refractivity contribution in [3.63, 3.8) is 0 Å². The van der Waals surface area contributed by atoms with Crippen molar-refractivity contribution in [1.29, 1.82) is 0 Å². The van der Waals surface area contributed by atoms with E-state index in [2.05, 4.69) is 19.9 Å². The minimum absolute atomic E-state index is 0.269. The number of hydrogen-bond donors (Lipinski definition) is 0. The second-order valence-corrected chi connectivity index (χ2v) is 8.40. The quantitative estimate of drug-likeness (QED) is 0.740. The predicted octanol–water partition coefficient (Wildman–Crippen LogP) is 1.91. The van der Waals surface area contributed by atoms with Crippen LogP contribution >= 0.6 is 11.8 Å². The molecule has 3 heterocycles. The van der Waals surface area contributed by atoms with Crippen LogP contribution in [0.4, 0.5) is 0 Å². The van der Waals surface area contributed by atoms with Gasteiger partial charge in [0.2, 0.25) is 5.91 Å². The number of carbonyl (C=O) groups excluding carboxylic acids is 1. The average Bonchev–Trinajstić information content (AvgIpc) is 3.20. The highest BCUT2D eigenvalue weighted by Gasteiger charge is 2.29. The fourth-order valence-corrected chi connectivity index (χ4v) is 4.65. The van der Waals surface area contributed by atoms with Gasteiger partial charge in [-0.05, 0) is 43.4 Å². The van der Waals surface area contributed by atoms with Crippen LogP contribution in [0, 0.1) is 5.92 Å². The number of amides is 1. The van der Waals surface area contributed by atoms with Crippen molar-refractivity contribution in [2.45, 2.75) is 38.1 Å². The van der Waals surface area contributed by atoms with E-state index < -0.39 is 0 Å². The molecule has 2 fully saturated rings. The van der Waals surface area contributed by atoms with Crippen molar-refractivity contribution in [3.05, 3.63) is 30.1 Å². The average molecular weight is 375 g/mol. The van der Waals surface area contributed by atoms with E-state index in [-0.39, 0.29) is 11.8 Å². The van der Waals surface area contributed by atoms with E-state index in [1.807, 2.05) is 28.9 Å². The summed E-state index contributed by atoms with van der Waals surface area (Å²) in [7, 11) is 2.01. The van der Waals surface area contributed by atoms with Crippen molar-refractivity contribution >= 4 is 17.7 Å². The van der Waals surface area contributed by atoms with E-state index in [4.69, 9.17) is 0 Å². The Morgan fingerprint density at radius 3 is 2.96 bits per heavy atom. The Labute approximate surface area is 158 Å². The Balaban J connectivity index is 1.36. The third kappa shape index (κ3) is 4.11. The smallest absolute Gasteiger partial charge is 0.232 e. The van der Waals surface area contributed by atoms with E-state index in [1.54, 1.807) is 18.0 Å². The van der Waals surface area contributed by atoms with Crippen LogP contribution in [0.25, 0.3) is 0 Å². The molecule has 0 radical (unpaired) electrons. The molecule has 1 atom stereocenters. The zero-order chi connectivity index (χ0) is 17.9. The van der Waals surface area contributed by atoms with Gasteiger partial charge in [0.1, 0.15) is 12.4 Å². The number of piperidine rings is 1. The normalized spacial score (nSPS) is 20.5. The fourth-order valence-electron chi connectivity index (χ4n) is 3.51. The van der Waals surface area contributed by atoms with Crippen molar-refractivity contribution in [3.8, 4) is 0 Å². The van der Waals surface area contributed by atoms with Crippen LogP contribution in [0.1, 0.15) is 43.3 Å². The largest absolute Gasteiger partial charge is 0.341 e. The van der Waals surface area contributed by atoms with Gasteiger partial charge in [-0.15, -0.1) is 10.2 Å². The number of rotatable bonds is 7. The lowest BCUT2D eigenvalue weighted by Gasteiger charge is -2.32. The molecule has 1 aliphatic heterocycles. The number of thioether (sulfide) groups is 1. The van der Waals surface area contributed by atoms with Gasteiger partial charge < -0.3 is 9.47 Å². The SMILES string of the molecule is Cn1c(Cn2cccn2)nnc1C1CCCN(C(=O)CSCC2CC2)C1. The Kier molecular flexibility index (Phi) is 5.28. The van der Waals surface area contributed by atoms with E-state index in [0.29, 0.717) is 12.3 Å². The Morgan fingerprint density at radius 1 is 1.31 bits per heavy atom. The van der Waals surface area contributed by atoms with Crippen LogP contribution in [0.2, 0.25) is 0 Å². The van der Waals surface area contributed by atoms with Crippen LogP contribution in [0.5, 0.6) is 0 Å². The molecule has 0 aromatic carbocycles. The highest BCUT2D eigenvalue weighted by molar-refractivity contribution is 7.99. The monoisotopic (exact) mass is 374 g/mol. The molecule has 1 unspecified atom stereocenters. The number of carbonyl (C=O) groups is 1. The first kappa shape index (κ1) is 17.6. The molecule has 1 saturated heterocycles. The lowest BCUT2D eigenvalue weighted by Crippen LogP contribution is -2.40. The highest BCUT2D eigenvalue weighted by atomic mass is 32.2. The summed E-state index contributed by atoms with van der Waals surface area (Å²) < 4.78 is 3.92. The molecule has 7 nitrogen and oxygen atoms in total. The van der Waals surface area contributed by atoms with Crippen LogP contribution in [-0.4, -0.2) is 59.9 Å². The van der Waals surface area contributed by atoms with Crippen molar-refractivity contribution in [2.24, 2.45) is 13.0 Å². The summed E-state index contributed by atoms with van der Waals surface area (Å²) in [6.45, 7) is 2.25. The van der Waals surface area contributed by atoms with Gasteiger partial charge in [0.25, 0.3) is 0 Å². The summed E-state index contributed by atoms with van der Waals surface area (Å²) in [5, 5.41) is 13.0. The molecule has 2 aromatic heterocycles. The van der Waals surface area contributed by atoms with Gasteiger partial charge in [0, 0.05) is 38.4 Å². The molecule has 2 aliphatic rings. The number of hydrogen-bond acceptors (Lipinski definition) is 5. The third-order valence-electron chi connectivity index (χ3n) is 5.28. The fraction of sp³-hybridized carbons (Fsp3) is 0.667. The van der Waals surface area contributed by atoms with Gasteiger partial charge in [0.15, 0.2) is 5.82 Å². The minimum Gasteiger partial charge on any atom is -0.341 e. The third-order valence-corrected chi connectivity index (χ3v) is 6.43. The molecular weight excluding hydrogens is 348 g/mol. The van der Waals surface area contributed by atoms with E-state index in [9.17, 15) is 4.79 Å². The molecule has 1 aliphatic carbocycles. The van der Waals surface area contributed by atoms with E-state index >= 15 is 0 Å². The van der Waals surface area contributed by atoms with Crippen molar-refractivity contribution < 1.29 is 4.79 Å². The Morgan fingerprint density at radius 2 is 2.19 bits per heavy atom. The first-order chi connectivity index (χ1) is 12.7. The van der Waals surface area contributed by atoms with Crippen LogP contribution in [-0.2, 0) is 18.4 Å². The van der Waals surface area contributed by atoms with E-state index in [0.717, 1.165) is 49.3 Å². The molecule has 26 heavy (non-hydrogen) atoms. The summed E-state index contributed by atoms with van der Waals surface area (Å²) >= 11 is 1.80. The second kappa shape index (κ2) is 7.82. The van der Waals surface area contributed by atoms with Gasteiger partial charge in [-0.1, -0.05) is 0 Å². The molecule has 0 bridgehead atoms. The van der Waals surface area contributed by atoms with Gasteiger partial charge in [-0.2, -0.15) is 16.9 Å². The Bertz CT molecular complexity index is 739. The molecule has 0 spiro atoms. The lowest BCUT2D eigenvalue weighted by molar-refractivity contribution is -0.129. The van der Waals surface area contributed by atoms with Crippen LogP contribution in [0.15, 0.2) is 18.5 Å². The summed E-state index contributed by atoms with van der Waals surface area (Å²) in [4.78, 5) is 14.6. The molecule has 2 aromatic rings. The van der Waals surface area contributed by atoms with Gasteiger partial charge >= 0.3 is 0 Å². The molecule has 140 valence electrons. The first-order valence-corrected chi connectivity index (χ1v) is 10.6. The van der Waals surface area contributed by atoms with Crippen LogP contribution in [0.3, 0.4) is 0 Å². The minimum atomic E-state index is 0.269. The van der Waals surface area contributed by atoms with Gasteiger partial charge in [-0.3, -0.25) is 9.48 Å². The molecule has 4 rings (SSSR count). The van der Waals surface area contributed by atoms with Crippen LogP contribution < -0.4 is 0 Å². The zero-order valence-corrected chi connectivity index (χ0v) is 16.1. The van der Waals surface area contributed by atoms with Crippen molar-refractivity contribution in [1.82, 2.24) is 29.4 Å². The number of nitrogens with zero attached hydrogens (tertiary/aromatic N) is 6. The maximum atomic E-state index is 12.5.